The van der Waals surface area contributed by atoms with Crippen LogP contribution in [0.25, 0.3) is 0 Å². The first-order valence-corrected chi connectivity index (χ1v) is 5.89. The van der Waals surface area contributed by atoms with Crippen LogP contribution in [-0.4, -0.2) is 41.7 Å². The van der Waals surface area contributed by atoms with Crippen LogP contribution in [-0.2, 0) is 0 Å². The highest BCUT2D eigenvalue weighted by atomic mass is 35.5. The van der Waals surface area contributed by atoms with E-state index in [2.05, 4.69) is 16.4 Å². The third-order valence-corrected chi connectivity index (χ3v) is 3.17. The Hall–Kier alpha value is -1.10. The SMILES string of the molecule is OCC(O)C1=CN[C@@H](C2=CCN=CC2)C(Cl)=C1. The van der Waals surface area contributed by atoms with Crippen LogP contribution >= 0.6 is 11.6 Å². The molecule has 3 N–H and O–H groups in total. The van der Waals surface area contributed by atoms with E-state index in [-0.39, 0.29) is 12.6 Å². The Morgan fingerprint density at radius 3 is 3.00 bits per heavy atom. The van der Waals surface area contributed by atoms with Gasteiger partial charge in [-0.1, -0.05) is 17.7 Å². The average molecular weight is 255 g/mol. The second-order valence-corrected chi connectivity index (χ2v) is 4.44. The lowest BCUT2D eigenvalue weighted by Gasteiger charge is -2.26. The standard InChI is InChI=1S/C12H15ClN2O2/c13-10-5-9(11(17)7-16)6-15-12(10)8-1-3-14-4-2-8/h1,4-6,11-12,15-17H,2-3,7H2/t11?,12-/m0/s1. The summed E-state index contributed by atoms with van der Waals surface area (Å²) < 4.78 is 0. The number of aliphatic imine (C=N–C) groups is 1. The minimum absolute atomic E-state index is 0.0435. The van der Waals surface area contributed by atoms with Gasteiger partial charge in [-0.25, -0.2) is 0 Å². The van der Waals surface area contributed by atoms with Crippen molar-refractivity contribution in [3.05, 3.63) is 34.5 Å². The lowest BCUT2D eigenvalue weighted by molar-refractivity contribution is 0.124. The maximum Gasteiger partial charge on any atom is 0.103 e. The van der Waals surface area contributed by atoms with Crippen LogP contribution in [0.4, 0.5) is 0 Å². The first kappa shape index (κ1) is 12.4. The predicted octanol–water partition coefficient (Wildman–Crippen LogP) is 0.719. The Labute approximate surface area is 105 Å². The van der Waals surface area contributed by atoms with E-state index in [9.17, 15) is 5.11 Å². The van der Waals surface area contributed by atoms with Crippen molar-refractivity contribution in [3.63, 3.8) is 0 Å². The molecule has 0 fully saturated rings. The van der Waals surface area contributed by atoms with E-state index in [1.807, 2.05) is 6.21 Å². The van der Waals surface area contributed by atoms with E-state index in [1.165, 1.54) is 5.57 Å². The molecular weight excluding hydrogens is 240 g/mol. The van der Waals surface area contributed by atoms with Gasteiger partial charge in [0, 0.05) is 23.9 Å². The Kier molecular flexibility index (Phi) is 3.99. The smallest absolute Gasteiger partial charge is 0.103 e. The Morgan fingerprint density at radius 2 is 2.41 bits per heavy atom. The average Bonchev–Trinajstić information content (AvgIpc) is 2.38. The van der Waals surface area contributed by atoms with Gasteiger partial charge in [0.15, 0.2) is 0 Å². The van der Waals surface area contributed by atoms with E-state index in [4.69, 9.17) is 16.7 Å². The molecule has 0 amide bonds. The van der Waals surface area contributed by atoms with Crippen molar-refractivity contribution in [2.24, 2.45) is 4.99 Å². The summed E-state index contributed by atoms with van der Waals surface area (Å²) in [5.41, 5.74) is 1.77. The van der Waals surface area contributed by atoms with Gasteiger partial charge in [-0.2, -0.15) is 0 Å². The number of aliphatic hydroxyl groups is 2. The molecule has 4 nitrogen and oxygen atoms in total. The van der Waals surface area contributed by atoms with Crippen molar-refractivity contribution in [1.29, 1.82) is 0 Å². The molecule has 0 aromatic rings. The number of hydrogen-bond donors (Lipinski definition) is 3. The summed E-state index contributed by atoms with van der Waals surface area (Å²) in [5.74, 6) is 0. The number of hydrogen-bond acceptors (Lipinski definition) is 4. The molecule has 1 unspecified atom stereocenters. The number of dihydropyridines is 2. The molecule has 5 heteroatoms. The number of halogens is 1. The summed E-state index contributed by atoms with van der Waals surface area (Å²) >= 11 is 6.19. The van der Waals surface area contributed by atoms with Gasteiger partial charge in [0.2, 0.25) is 0 Å². The predicted molar refractivity (Wildman–Crippen MR) is 68.1 cm³/mol. The number of aliphatic hydroxyl groups excluding tert-OH is 2. The maximum atomic E-state index is 9.50. The Bertz CT molecular complexity index is 413. The van der Waals surface area contributed by atoms with Crippen LogP contribution in [0, 0.1) is 0 Å². The lowest BCUT2D eigenvalue weighted by Crippen LogP contribution is -2.33. The van der Waals surface area contributed by atoms with E-state index < -0.39 is 6.10 Å². The zero-order valence-electron chi connectivity index (χ0n) is 9.31. The molecule has 0 bridgehead atoms. The molecule has 0 radical (unpaired) electrons. The molecule has 0 aromatic carbocycles. The van der Waals surface area contributed by atoms with Crippen LogP contribution in [0.1, 0.15) is 6.42 Å². The highest BCUT2D eigenvalue weighted by Gasteiger charge is 2.22. The normalized spacial score (nSPS) is 25.6. The van der Waals surface area contributed by atoms with Crippen LogP contribution in [0.15, 0.2) is 39.5 Å². The molecule has 2 aliphatic rings. The molecule has 2 atom stereocenters. The van der Waals surface area contributed by atoms with Gasteiger partial charge >= 0.3 is 0 Å². The van der Waals surface area contributed by atoms with E-state index in [0.29, 0.717) is 17.2 Å². The quantitative estimate of drug-likeness (QED) is 0.651. The van der Waals surface area contributed by atoms with Crippen molar-refractivity contribution in [1.82, 2.24) is 5.32 Å². The van der Waals surface area contributed by atoms with Crippen molar-refractivity contribution >= 4 is 17.8 Å². The van der Waals surface area contributed by atoms with Gasteiger partial charge in [-0.15, -0.1) is 0 Å². The number of nitrogens with one attached hydrogen (secondary N) is 1. The maximum absolute atomic E-state index is 9.50. The molecule has 2 aliphatic heterocycles. The Balaban J connectivity index is 2.09. The topological polar surface area (TPSA) is 64.8 Å². The summed E-state index contributed by atoms with van der Waals surface area (Å²) in [4.78, 5) is 4.12. The van der Waals surface area contributed by atoms with Gasteiger partial charge in [0.1, 0.15) is 6.10 Å². The zero-order valence-corrected chi connectivity index (χ0v) is 10.1. The fourth-order valence-electron chi connectivity index (χ4n) is 1.86. The van der Waals surface area contributed by atoms with Crippen LogP contribution in [0.2, 0.25) is 0 Å². The Morgan fingerprint density at radius 1 is 1.59 bits per heavy atom. The van der Waals surface area contributed by atoms with Crippen LogP contribution in [0.3, 0.4) is 0 Å². The van der Waals surface area contributed by atoms with Gasteiger partial charge in [-0.3, -0.25) is 4.99 Å². The lowest BCUT2D eigenvalue weighted by atomic mass is 9.97. The number of nitrogens with zero attached hydrogens (tertiary/aromatic N) is 1. The molecule has 0 aromatic heterocycles. The molecule has 92 valence electrons. The fourth-order valence-corrected chi connectivity index (χ4v) is 2.19. The minimum Gasteiger partial charge on any atom is -0.393 e. The monoisotopic (exact) mass is 254 g/mol. The van der Waals surface area contributed by atoms with Crippen molar-refractivity contribution in [2.45, 2.75) is 18.6 Å². The highest BCUT2D eigenvalue weighted by Crippen LogP contribution is 2.25. The van der Waals surface area contributed by atoms with E-state index in [1.54, 1.807) is 12.3 Å². The van der Waals surface area contributed by atoms with Crippen molar-refractivity contribution < 1.29 is 10.2 Å². The third kappa shape index (κ3) is 2.77. The molecule has 0 aliphatic carbocycles. The second-order valence-electron chi connectivity index (χ2n) is 4.00. The molecular formula is C12H15ClN2O2. The minimum atomic E-state index is -0.890. The third-order valence-electron chi connectivity index (χ3n) is 2.84. The molecule has 0 saturated heterocycles. The van der Waals surface area contributed by atoms with E-state index >= 15 is 0 Å². The highest BCUT2D eigenvalue weighted by molar-refractivity contribution is 6.30. The van der Waals surface area contributed by atoms with Gasteiger partial charge in [-0.05, 0) is 17.2 Å². The van der Waals surface area contributed by atoms with Gasteiger partial charge in [0.25, 0.3) is 0 Å². The van der Waals surface area contributed by atoms with Crippen LogP contribution < -0.4 is 5.32 Å². The van der Waals surface area contributed by atoms with Crippen molar-refractivity contribution in [3.8, 4) is 0 Å². The number of rotatable bonds is 3. The zero-order chi connectivity index (χ0) is 12.3. The molecule has 0 saturated carbocycles. The van der Waals surface area contributed by atoms with Crippen LogP contribution in [0.5, 0.6) is 0 Å². The summed E-state index contributed by atoms with van der Waals surface area (Å²) in [6, 6.07) is -0.0435. The summed E-state index contributed by atoms with van der Waals surface area (Å²) in [6.07, 6.45) is 7.23. The van der Waals surface area contributed by atoms with Gasteiger partial charge < -0.3 is 15.5 Å². The molecule has 0 spiro atoms. The summed E-state index contributed by atoms with van der Waals surface area (Å²) in [6.45, 7) is 0.377. The van der Waals surface area contributed by atoms with E-state index in [0.717, 1.165) is 6.42 Å². The summed E-state index contributed by atoms with van der Waals surface area (Å²) in [5, 5.41) is 22.1. The largest absolute Gasteiger partial charge is 0.393 e. The molecule has 2 rings (SSSR count). The van der Waals surface area contributed by atoms with Crippen molar-refractivity contribution in [2.75, 3.05) is 13.2 Å². The summed E-state index contributed by atoms with van der Waals surface area (Å²) in [7, 11) is 0. The first-order chi connectivity index (χ1) is 8.22. The fraction of sp³-hybridized carbons (Fsp3) is 0.417. The second kappa shape index (κ2) is 5.49. The first-order valence-electron chi connectivity index (χ1n) is 5.51. The van der Waals surface area contributed by atoms with Gasteiger partial charge in [0.05, 0.1) is 19.2 Å². The molecule has 2 heterocycles. The molecule has 17 heavy (non-hydrogen) atoms.